The van der Waals surface area contributed by atoms with Gasteiger partial charge in [0.15, 0.2) is 11.5 Å². The highest BCUT2D eigenvalue weighted by molar-refractivity contribution is 7.92. The van der Waals surface area contributed by atoms with Crippen LogP contribution >= 0.6 is 0 Å². The third-order valence-electron chi connectivity index (χ3n) is 3.51. The van der Waals surface area contributed by atoms with Crippen molar-refractivity contribution in [3.63, 3.8) is 0 Å². The molecule has 0 saturated carbocycles. The summed E-state index contributed by atoms with van der Waals surface area (Å²) in [6, 6.07) is 9.99. The van der Waals surface area contributed by atoms with E-state index in [2.05, 4.69) is 4.72 Å². The minimum absolute atomic E-state index is 0.00169. The molecular weight excluding hydrogens is 370 g/mol. The van der Waals surface area contributed by atoms with Gasteiger partial charge in [0.1, 0.15) is 0 Å². The topological polar surface area (TPSA) is 102 Å². The van der Waals surface area contributed by atoms with Gasteiger partial charge in [-0.3, -0.25) is 4.72 Å². The molecule has 146 valence electrons. The molecule has 2 N–H and O–H groups in total. The quantitative estimate of drug-likeness (QED) is 0.637. The van der Waals surface area contributed by atoms with Crippen molar-refractivity contribution in [2.45, 2.75) is 31.6 Å². The van der Waals surface area contributed by atoms with E-state index in [-0.39, 0.29) is 16.1 Å². The zero-order valence-corrected chi connectivity index (χ0v) is 16.1. The Kier molecular flexibility index (Phi) is 7.06. The van der Waals surface area contributed by atoms with Gasteiger partial charge in [0.25, 0.3) is 10.0 Å². The summed E-state index contributed by atoms with van der Waals surface area (Å²) in [6.45, 7) is 4.85. The number of nitrogens with one attached hydrogen (secondary N) is 1. The number of sulfonamides is 1. The van der Waals surface area contributed by atoms with Gasteiger partial charge in [-0.15, -0.1) is 0 Å². The number of carbonyl (C=O) groups is 1. The minimum atomic E-state index is -3.92. The van der Waals surface area contributed by atoms with Crippen molar-refractivity contribution >= 4 is 21.7 Å². The van der Waals surface area contributed by atoms with Crippen molar-refractivity contribution < 1.29 is 27.8 Å². The molecule has 0 fully saturated rings. The molecule has 0 amide bonds. The van der Waals surface area contributed by atoms with E-state index in [1.165, 1.54) is 36.4 Å². The van der Waals surface area contributed by atoms with E-state index in [1.54, 1.807) is 6.07 Å². The van der Waals surface area contributed by atoms with Crippen molar-refractivity contribution in [1.82, 2.24) is 0 Å². The van der Waals surface area contributed by atoms with Gasteiger partial charge < -0.3 is 14.6 Å². The predicted molar refractivity (Wildman–Crippen MR) is 102 cm³/mol. The smallest absolute Gasteiger partial charge is 0.335 e. The van der Waals surface area contributed by atoms with Crippen LogP contribution in [0.3, 0.4) is 0 Å². The fourth-order valence-electron chi connectivity index (χ4n) is 2.24. The molecular formula is C19H23NO6S. The summed E-state index contributed by atoms with van der Waals surface area (Å²) in [4.78, 5) is 11.0. The Morgan fingerprint density at radius 1 is 1.00 bits per heavy atom. The normalized spacial score (nSPS) is 11.0. The molecule has 0 aliphatic heterocycles. The molecule has 27 heavy (non-hydrogen) atoms. The molecule has 2 aromatic rings. The van der Waals surface area contributed by atoms with Crippen molar-refractivity contribution in [2.24, 2.45) is 0 Å². The summed E-state index contributed by atoms with van der Waals surface area (Å²) in [5.74, 6) is -0.298. The van der Waals surface area contributed by atoms with Crippen LogP contribution in [0.1, 0.15) is 37.0 Å². The Morgan fingerprint density at radius 3 is 2.30 bits per heavy atom. The van der Waals surface area contributed by atoms with Crippen LogP contribution in [0.15, 0.2) is 47.4 Å². The fraction of sp³-hybridized carbons (Fsp3) is 0.316. The lowest BCUT2D eigenvalue weighted by Crippen LogP contribution is -2.14. The van der Waals surface area contributed by atoms with Crippen molar-refractivity contribution in [2.75, 3.05) is 17.9 Å². The van der Waals surface area contributed by atoms with E-state index >= 15 is 0 Å². The van der Waals surface area contributed by atoms with E-state index in [0.29, 0.717) is 24.7 Å². The summed E-state index contributed by atoms with van der Waals surface area (Å²) in [5, 5.41) is 9.04. The first-order valence-corrected chi connectivity index (χ1v) is 10.1. The molecule has 0 bridgehead atoms. The fourth-order valence-corrected chi connectivity index (χ4v) is 3.31. The van der Waals surface area contributed by atoms with E-state index in [0.717, 1.165) is 12.8 Å². The van der Waals surface area contributed by atoms with E-state index in [4.69, 9.17) is 14.6 Å². The van der Waals surface area contributed by atoms with Gasteiger partial charge in [0.05, 0.1) is 23.7 Å². The van der Waals surface area contributed by atoms with Crippen molar-refractivity contribution in [1.29, 1.82) is 0 Å². The first-order chi connectivity index (χ1) is 12.9. The molecule has 0 spiro atoms. The number of benzene rings is 2. The second kappa shape index (κ2) is 9.27. The molecule has 8 heteroatoms. The number of carboxylic acid groups (broad SMARTS) is 1. The van der Waals surface area contributed by atoms with Gasteiger partial charge >= 0.3 is 5.97 Å². The summed E-state index contributed by atoms with van der Waals surface area (Å²) >= 11 is 0. The molecule has 2 aromatic carbocycles. The molecule has 0 atom stereocenters. The van der Waals surface area contributed by atoms with Gasteiger partial charge in [-0.1, -0.05) is 19.9 Å². The zero-order chi connectivity index (χ0) is 19.9. The van der Waals surface area contributed by atoms with Crippen LogP contribution in [0.5, 0.6) is 11.5 Å². The summed E-state index contributed by atoms with van der Waals surface area (Å²) in [7, 11) is -3.92. The average Bonchev–Trinajstić information content (AvgIpc) is 2.64. The number of carboxylic acids is 1. The molecule has 0 saturated heterocycles. The summed E-state index contributed by atoms with van der Waals surface area (Å²) < 4.78 is 39.0. The highest BCUT2D eigenvalue weighted by atomic mass is 32.2. The summed E-state index contributed by atoms with van der Waals surface area (Å²) in [5.41, 5.74) is 0.155. The minimum Gasteiger partial charge on any atom is -0.490 e. The average molecular weight is 393 g/mol. The van der Waals surface area contributed by atoms with Gasteiger partial charge in [0, 0.05) is 11.8 Å². The van der Waals surface area contributed by atoms with Gasteiger partial charge in [-0.05, 0) is 43.2 Å². The molecule has 0 heterocycles. The first-order valence-electron chi connectivity index (χ1n) is 8.63. The van der Waals surface area contributed by atoms with E-state index in [9.17, 15) is 13.2 Å². The van der Waals surface area contributed by atoms with Crippen LogP contribution in [-0.2, 0) is 10.0 Å². The third kappa shape index (κ3) is 5.62. The van der Waals surface area contributed by atoms with Crippen LogP contribution in [0.2, 0.25) is 0 Å². The van der Waals surface area contributed by atoms with Crippen LogP contribution in [0.25, 0.3) is 0 Å². The second-order valence-electron chi connectivity index (χ2n) is 5.80. The van der Waals surface area contributed by atoms with Crippen molar-refractivity contribution in [3.8, 4) is 11.5 Å². The highest BCUT2D eigenvalue weighted by Crippen LogP contribution is 2.31. The Morgan fingerprint density at radius 2 is 1.67 bits per heavy atom. The SMILES string of the molecule is CCCOc1ccc(S(=O)(=O)Nc2cccc(C(=O)O)c2)cc1OCCC. The largest absolute Gasteiger partial charge is 0.490 e. The lowest BCUT2D eigenvalue weighted by atomic mass is 10.2. The highest BCUT2D eigenvalue weighted by Gasteiger charge is 2.18. The maximum atomic E-state index is 12.7. The molecule has 0 radical (unpaired) electrons. The third-order valence-corrected chi connectivity index (χ3v) is 4.89. The van der Waals surface area contributed by atoms with Gasteiger partial charge in [-0.25, -0.2) is 13.2 Å². The predicted octanol–water partition coefficient (Wildman–Crippen LogP) is 3.76. The number of aromatic carboxylic acids is 1. The van der Waals surface area contributed by atoms with Crippen LogP contribution < -0.4 is 14.2 Å². The number of anilines is 1. The first kappa shape index (κ1) is 20.6. The molecule has 2 rings (SSSR count). The maximum Gasteiger partial charge on any atom is 0.335 e. The lowest BCUT2D eigenvalue weighted by molar-refractivity contribution is 0.0697. The molecule has 0 unspecified atom stereocenters. The second-order valence-corrected chi connectivity index (χ2v) is 7.48. The molecule has 7 nitrogen and oxygen atoms in total. The van der Waals surface area contributed by atoms with E-state index < -0.39 is 16.0 Å². The van der Waals surface area contributed by atoms with Crippen LogP contribution in [0, 0.1) is 0 Å². The maximum absolute atomic E-state index is 12.7. The Hall–Kier alpha value is -2.74. The van der Waals surface area contributed by atoms with Crippen LogP contribution in [-0.4, -0.2) is 32.7 Å². The van der Waals surface area contributed by atoms with Crippen molar-refractivity contribution in [3.05, 3.63) is 48.0 Å². The monoisotopic (exact) mass is 393 g/mol. The van der Waals surface area contributed by atoms with E-state index in [1.807, 2.05) is 13.8 Å². The Bertz CT molecular complexity index is 895. The number of hydrogen-bond acceptors (Lipinski definition) is 5. The Labute approximate surface area is 159 Å². The summed E-state index contributed by atoms with van der Waals surface area (Å²) in [6.07, 6.45) is 1.58. The lowest BCUT2D eigenvalue weighted by Gasteiger charge is -2.14. The zero-order valence-electron chi connectivity index (χ0n) is 15.3. The molecule has 0 aliphatic rings. The number of rotatable bonds is 10. The van der Waals surface area contributed by atoms with Crippen LogP contribution in [0.4, 0.5) is 5.69 Å². The number of hydrogen-bond donors (Lipinski definition) is 2. The Balaban J connectivity index is 2.31. The van der Waals surface area contributed by atoms with Gasteiger partial charge in [-0.2, -0.15) is 0 Å². The van der Waals surface area contributed by atoms with Gasteiger partial charge in [0.2, 0.25) is 0 Å². The standard InChI is InChI=1S/C19H23NO6S/c1-3-10-25-17-9-8-16(13-18(17)26-11-4-2)27(23,24)20-15-7-5-6-14(12-15)19(21)22/h5-9,12-13,20H,3-4,10-11H2,1-2H3,(H,21,22). The number of ether oxygens (including phenoxy) is 2. The molecule has 0 aromatic heterocycles. The molecule has 0 aliphatic carbocycles.